The predicted molar refractivity (Wildman–Crippen MR) is 76.8 cm³/mol. The van der Waals surface area contributed by atoms with Gasteiger partial charge in [-0.3, -0.25) is 4.79 Å². The van der Waals surface area contributed by atoms with E-state index in [1.807, 2.05) is 0 Å². The van der Waals surface area contributed by atoms with E-state index in [-0.39, 0.29) is 24.0 Å². The summed E-state index contributed by atoms with van der Waals surface area (Å²) in [6.45, 7) is 0.596. The summed E-state index contributed by atoms with van der Waals surface area (Å²) in [6.07, 6.45) is 0. The van der Waals surface area contributed by atoms with Crippen LogP contribution in [-0.2, 0) is 11.3 Å². The minimum absolute atomic E-state index is 0.121. The van der Waals surface area contributed by atoms with Gasteiger partial charge in [-0.15, -0.1) is 0 Å². The lowest BCUT2D eigenvalue weighted by Gasteiger charge is -2.14. The number of nitrogens with one attached hydrogen (secondary N) is 2. The lowest BCUT2D eigenvalue weighted by molar-refractivity contribution is -0.885. The largest absolute Gasteiger partial charge is 0.326 e. The van der Waals surface area contributed by atoms with Gasteiger partial charge in [0.2, 0.25) is 0 Å². The number of quaternary nitrogens is 1. The van der Waals surface area contributed by atoms with Crippen LogP contribution < -0.4 is 10.2 Å². The van der Waals surface area contributed by atoms with E-state index in [0.717, 1.165) is 22.6 Å². The molecule has 0 saturated heterocycles. The maximum atomic E-state index is 13.1. The maximum absolute atomic E-state index is 13.1. The first-order valence-corrected chi connectivity index (χ1v) is 6.74. The van der Waals surface area contributed by atoms with Gasteiger partial charge < -0.3 is 10.2 Å². The van der Waals surface area contributed by atoms with Crippen LogP contribution in [0.1, 0.15) is 5.56 Å². The van der Waals surface area contributed by atoms with Crippen molar-refractivity contribution in [2.45, 2.75) is 6.54 Å². The average Bonchev–Trinajstić information content (AvgIpc) is 2.42. The van der Waals surface area contributed by atoms with Crippen molar-refractivity contribution in [3.8, 4) is 0 Å². The van der Waals surface area contributed by atoms with E-state index in [1.54, 1.807) is 19.2 Å². The van der Waals surface area contributed by atoms with Gasteiger partial charge in [0.05, 0.1) is 7.05 Å². The number of amides is 1. The molecular formula is C16H16F3N2O+. The van der Waals surface area contributed by atoms with Gasteiger partial charge in [-0.05, 0) is 24.3 Å². The van der Waals surface area contributed by atoms with Crippen LogP contribution in [0.3, 0.4) is 0 Å². The zero-order valence-corrected chi connectivity index (χ0v) is 12.0. The minimum Gasteiger partial charge on any atom is -0.326 e. The molecule has 1 unspecified atom stereocenters. The zero-order valence-electron chi connectivity index (χ0n) is 12.0. The molecule has 0 aliphatic heterocycles. The van der Waals surface area contributed by atoms with Crippen LogP contribution in [0, 0.1) is 17.5 Å². The number of benzene rings is 2. The highest BCUT2D eigenvalue weighted by atomic mass is 19.2. The molecule has 0 saturated carbocycles. The molecule has 0 radical (unpaired) electrons. The number of halogens is 3. The van der Waals surface area contributed by atoms with Gasteiger partial charge >= 0.3 is 0 Å². The van der Waals surface area contributed by atoms with Gasteiger partial charge in [0.25, 0.3) is 5.91 Å². The summed E-state index contributed by atoms with van der Waals surface area (Å²) >= 11 is 0. The van der Waals surface area contributed by atoms with Crippen molar-refractivity contribution in [2.24, 2.45) is 0 Å². The highest BCUT2D eigenvalue weighted by molar-refractivity contribution is 5.91. The van der Waals surface area contributed by atoms with Gasteiger partial charge in [-0.1, -0.05) is 12.1 Å². The molecule has 0 spiro atoms. The molecule has 0 fully saturated rings. The molecule has 116 valence electrons. The number of likely N-dealkylation sites (N-methyl/N-ethyl adjacent to an activating group) is 1. The first-order chi connectivity index (χ1) is 10.4. The van der Waals surface area contributed by atoms with Crippen LogP contribution in [0.25, 0.3) is 0 Å². The SMILES string of the molecule is C[NH+](CC(=O)Nc1ccc(F)c(F)c1)Cc1cccc(F)c1. The van der Waals surface area contributed by atoms with Gasteiger partial charge in [0.1, 0.15) is 12.4 Å². The summed E-state index contributed by atoms with van der Waals surface area (Å²) < 4.78 is 38.9. The lowest BCUT2D eigenvalue weighted by Crippen LogP contribution is -3.08. The molecule has 1 amide bonds. The minimum atomic E-state index is -1.02. The Morgan fingerprint density at radius 2 is 1.86 bits per heavy atom. The first kappa shape index (κ1) is 16.0. The van der Waals surface area contributed by atoms with Gasteiger partial charge in [0.15, 0.2) is 18.2 Å². The smallest absolute Gasteiger partial charge is 0.279 e. The van der Waals surface area contributed by atoms with Crippen LogP contribution >= 0.6 is 0 Å². The Balaban J connectivity index is 1.89. The zero-order chi connectivity index (χ0) is 16.1. The van der Waals surface area contributed by atoms with E-state index in [1.165, 1.54) is 18.2 Å². The van der Waals surface area contributed by atoms with Crippen molar-refractivity contribution in [1.29, 1.82) is 0 Å². The number of rotatable bonds is 5. The van der Waals surface area contributed by atoms with Gasteiger partial charge in [-0.2, -0.15) is 0 Å². The molecule has 6 heteroatoms. The van der Waals surface area contributed by atoms with Crippen LogP contribution in [0.15, 0.2) is 42.5 Å². The van der Waals surface area contributed by atoms with Gasteiger partial charge in [-0.25, -0.2) is 13.2 Å². The first-order valence-electron chi connectivity index (χ1n) is 6.74. The third kappa shape index (κ3) is 4.60. The Morgan fingerprint density at radius 1 is 1.09 bits per heavy atom. The highest BCUT2D eigenvalue weighted by Gasteiger charge is 2.12. The number of anilines is 1. The number of carbonyl (C=O) groups excluding carboxylic acids is 1. The summed E-state index contributed by atoms with van der Waals surface area (Å²) in [5.74, 6) is -2.64. The standard InChI is InChI=1S/C16H15F3N2O/c1-21(9-11-3-2-4-12(17)7-11)10-16(22)20-13-5-6-14(18)15(19)8-13/h2-8H,9-10H2,1H3,(H,20,22)/p+1. The highest BCUT2D eigenvalue weighted by Crippen LogP contribution is 2.12. The number of hydrogen-bond donors (Lipinski definition) is 2. The summed E-state index contributed by atoms with van der Waals surface area (Å²) in [4.78, 5) is 12.7. The Bertz CT molecular complexity index is 676. The second-order valence-electron chi connectivity index (χ2n) is 5.12. The van der Waals surface area contributed by atoms with Crippen LogP contribution in [-0.4, -0.2) is 19.5 Å². The average molecular weight is 309 g/mol. The van der Waals surface area contributed by atoms with Crippen LogP contribution in [0.4, 0.5) is 18.9 Å². The van der Waals surface area contributed by atoms with Gasteiger partial charge in [0, 0.05) is 17.3 Å². The second kappa shape index (κ2) is 7.09. The molecule has 2 aromatic rings. The Hall–Kier alpha value is -2.34. The Morgan fingerprint density at radius 3 is 2.55 bits per heavy atom. The van der Waals surface area contributed by atoms with E-state index >= 15 is 0 Å². The second-order valence-corrected chi connectivity index (χ2v) is 5.12. The van der Waals surface area contributed by atoms with Crippen molar-refractivity contribution in [2.75, 3.05) is 18.9 Å². The Labute approximate surface area is 126 Å². The van der Waals surface area contributed by atoms with E-state index < -0.39 is 11.6 Å². The van der Waals surface area contributed by atoms with Crippen molar-refractivity contribution in [3.63, 3.8) is 0 Å². The van der Waals surface area contributed by atoms with Crippen molar-refractivity contribution in [3.05, 3.63) is 65.5 Å². The fraction of sp³-hybridized carbons (Fsp3) is 0.188. The number of hydrogen-bond acceptors (Lipinski definition) is 1. The molecule has 2 aromatic carbocycles. The van der Waals surface area contributed by atoms with Crippen molar-refractivity contribution in [1.82, 2.24) is 0 Å². The van der Waals surface area contributed by atoms with Crippen molar-refractivity contribution >= 4 is 11.6 Å². The van der Waals surface area contributed by atoms with Crippen LogP contribution in [0.2, 0.25) is 0 Å². The van der Waals surface area contributed by atoms with Crippen molar-refractivity contribution < 1.29 is 22.9 Å². The molecule has 0 bridgehead atoms. The molecule has 22 heavy (non-hydrogen) atoms. The normalized spacial score (nSPS) is 12.0. The summed E-state index contributed by atoms with van der Waals surface area (Å²) in [7, 11) is 1.79. The number of carbonyl (C=O) groups is 1. The third-order valence-corrected chi connectivity index (χ3v) is 3.06. The fourth-order valence-electron chi connectivity index (χ4n) is 2.11. The molecule has 2 rings (SSSR count). The summed E-state index contributed by atoms with van der Waals surface area (Å²) in [5.41, 5.74) is 0.973. The Kier molecular flexibility index (Phi) is 5.16. The van der Waals surface area contributed by atoms with E-state index in [0.29, 0.717) is 6.54 Å². The topological polar surface area (TPSA) is 33.5 Å². The fourth-order valence-corrected chi connectivity index (χ4v) is 2.11. The lowest BCUT2D eigenvalue weighted by atomic mass is 10.2. The summed E-state index contributed by atoms with van der Waals surface area (Å²) in [5, 5.41) is 2.50. The monoisotopic (exact) mass is 309 g/mol. The molecule has 0 heterocycles. The summed E-state index contributed by atoms with van der Waals surface area (Å²) in [6, 6.07) is 9.33. The maximum Gasteiger partial charge on any atom is 0.279 e. The van der Waals surface area contributed by atoms with E-state index in [2.05, 4.69) is 5.32 Å². The van der Waals surface area contributed by atoms with E-state index in [4.69, 9.17) is 0 Å². The molecular weight excluding hydrogens is 293 g/mol. The molecule has 2 N–H and O–H groups in total. The molecule has 0 aliphatic carbocycles. The molecule has 0 aromatic heterocycles. The molecule has 3 nitrogen and oxygen atoms in total. The molecule has 0 aliphatic rings. The predicted octanol–water partition coefficient (Wildman–Crippen LogP) is 1.76. The van der Waals surface area contributed by atoms with Crippen LogP contribution in [0.5, 0.6) is 0 Å². The van der Waals surface area contributed by atoms with E-state index in [9.17, 15) is 18.0 Å². The third-order valence-electron chi connectivity index (χ3n) is 3.06. The molecule has 1 atom stereocenters. The quantitative estimate of drug-likeness (QED) is 0.867.